The van der Waals surface area contributed by atoms with E-state index in [0.29, 0.717) is 17.1 Å². The van der Waals surface area contributed by atoms with Crippen LogP contribution in [0.5, 0.6) is 5.88 Å². The van der Waals surface area contributed by atoms with Crippen LogP contribution in [0, 0.1) is 0 Å². The fraction of sp³-hybridized carbons (Fsp3) is 0.0870. The minimum absolute atomic E-state index is 0.0355. The van der Waals surface area contributed by atoms with Gasteiger partial charge in [-0.05, 0) is 24.3 Å². The molecule has 0 aliphatic heterocycles. The highest BCUT2D eigenvalue weighted by molar-refractivity contribution is 7.17. The predicted molar refractivity (Wildman–Crippen MR) is 119 cm³/mol. The number of hydrogen-bond acceptors (Lipinski definition) is 6. The smallest absolute Gasteiger partial charge is 0.214 e. The van der Waals surface area contributed by atoms with Crippen molar-refractivity contribution < 1.29 is 9.53 Å². The lowest BCUT2D eigenvalue weighted by Crippen LogP contribution is -2.21. The number of Topliss-reactive ketones (excluding diaryl/α,β-unsaturated/α-hetero) is 1. The Morgan fingerprint density at radius 3 is 2.90 bits per heavy atom. The number of anilines is 1. The van der Waals surface area contributed by atoms with Gasteiger partial charge in [0.05, 0.1) is 12.8 Å². The number of carbonyl (C=O) groups excluding carboxylic acids is 1. The molecule has 4 heterocycles. The van der Waals surface area contributed by atoms with Crippen LogP contribution in [0.3, 0.4) is 0 Å². The fourth-order valence-corrected chi connectivity index (χ4v) is 4.42. The van der Waals surface area contributed by atoms with Crippen LogP contribution >= 0.6 is 11.3 Å². The van der Waals surface area contributed by atoms with Gasteiger partial charge < -0.3 is 14.5 Å². The summed E-state index contributed by atoms with van der Waals surface area (Å²) in [7, 11) is 1.56. The second-order valence-corrected chi connectivity index (χ2v) is 7.72. The molecule has 0 amide bonds. The van der Waals surface area contributed by atoms with Gasteiger partial charge in [0.25, 0.3) is 0 Å². The summed E-state index contributed by atoms with van der Waals surface area (Å²) >= 11 is 1.57. The first-order valence-corrected chi connectivity index (χ1v) is 10.3. The lowest BCUT2D eigenvalue weighted by Gasteiger charge is -2.17. The van der Waals surface area contributed by atoms with Gasteiger partial charge in [-0.25, -0.2) is 9.97 Å². The molecule has 4 aromatic heterocycles. The van der Waals surface area contributed by atoms with Crippen LogP contribution < -0.4 is 10.1 Å². The third-order valence-electron chi connectivity index (χ3n) is 4.94. The molecule has 5 rings (SSSR count). The topological polar surface area (TPSA) is 68.5 Å². The molecule has 1 aromatic carbocycles. The van der Waals surface area contributed by atoms with Gasteiger partial charge in [-0.3, -0.25) is 4.79 Å². The van der Waals surface area contributed by atoms with Gasteiger partial charge in [0.1, 0.15) is 11.7 Å². The molecule has 30 heavy (non-hydrogen) atoms. The molecular weight excluding hydrogens is 396 g/mol. The van der Waals surface area contributed by atoms with E-state index in [2.05, 4.69) is 10.3 Å². The molecule has 0 bridgehead atoms. The SMILES string of the molecule is COc1cc(NC(C(=O)c2csc3ccccc23)c2cn3ccccc3n2)ccn1. The van der Waals surface area contributed by atoms with Crippen molar-refractivity contribution in [1.29, 1.82) is 0 Å². The van der Waals surface area contributed by atoms with Crippen molar-refractivity contribution in [1.82, 2.24) is 14.4 Å². The number of pyridine rings is 2. The number of nitrogens with one attached hydrogen (secondary N) is 1. The highest BCUT2D eigenvalue weighted by Gasteiger charge is 2.27. The van der Waals surface area contributed by atoms with Gasteiger partial charge in [-0.15, -0.1) is 11.3 Å². The van der Waals surface area contributed by atoms with Crippen molar-refractivity contribution in [3.05, 3.63) is 89.8 Å². The Hall–Kier alpha value is -3.71. The first-order chi connectivity index (χ1) is 14.7. The molecule has 0 aliphatic carbocycles. The van der Waals surface area contributed by atoms with E-state index in [1.54, 1.807) is 30.7 Å². The number of nitrogens with zero attached hydrogens (tertiary/aromatic N) is 3. The monoisotopic (exact) mass is 414 g/mol. The first kappa shape index (κ1) is 18.3. The zero-order valence-electron chi connectivity index (χ0n) is 16.1. The largest absolute Gasteiger partial charge is 0.481 e. The van der Waals surface area contributed by atoms with Gasteiger partial charge in [-0.2, -0.15) is 0 Å². The van der Waals surface area contributed by atoms with E-state index in [1.165, 1.54) is 0 Å². The predicted octanol–water partition coefficient (Wildman–Crippen LogP) is 4.99. The zero-order chi connectivity index (χ0) is 20.5. The number of ketones is 1. The Bertz CT molecular complexity index is 1320. The maximum Gasteiger partial charge on any atom is 0.214 e. The van der Waals surface area contributed by atoms with Crippen LogP contribution in [0.15, 0.2) is 78.6 Å². The normalized spacial score (nSPS) is 12.2. The maximum atomic E-state index is 13.7. The Balaban J connectivity index is 1.60. The molecule has 0 fully saturated rings. The fourth-order valence-electron chi connectivity index (χ4n) is 3.47. The quantitative estimate of drug-likeness (QED) is 0.397. The van der Waals surface area contributed by atoms with Crippen LogP contribution in [-0.4, -0.2) is 27.3 Å². The molecule has 0 aliphatic rings. The van der Waals surface area contributed by atoms with E-state index in [-0.39, 0.29) is 5.78 Å². The molecule has 0 saturated carbocycles. The van der Waals surface area contributed by atoms with Gasteiger partial charge in [0.2, 0.25) is 5.88 Å². The van der Waals surface area contributed by atoms with Crippen molar-refractivity contribution in [2.45, 2.75) is 6.04 Å². The van der Waals surface area contributed by atoms with Gasteiger partial charge in [0, 0.05) is 51.4 Å². The van der Waals surface area contributed by atoms with Gasteiger partial charge in [0.15, 0.2) is 5.78 Å². The highest BCUT2D eigenvalue weighted by Crippen LogP contribution is 2.31. The molecule has 1 N–H and O–H groups in total. The number of ether oxygens (including phenoxy) is 1. The van der Waals surface area contributed by atoms with Gasteiger partial charge in [-0.1, -0.05) is 24.3 Å². The zero-order valence-corrected chi connectivity index (χ0v) is 17.0. The number of methoxy groups -OCH3 is 1. The van der Waals surface area contributed by atoms with Crippen molar-refractivity contribution in [3.63, 3.8) is 0 Å². The summed E-state index contributed by atoms with van der Waals surface area (Å²) in [5.41, 5.74) is 2.86. The summed E-state index contributed by atoms with van der Waals surface area (Å²) in [5.74, 6) is 0.439. The van der Waals surface area contributed by atoms with E-state index in [1.807, 2.05) is 70.7 Å². The summed E-state index contributed by atoms with van der Waals surface area (Å²) < 4.78 is 8.22. The molecule has 5 aromatic rings. The van der Waals surface area contributed by atoms with Crippen LogP contribution in [-0.2, 0) is 0 Å². The Morgan fingerprint density at radius 2 is 2.03 bits per heavy atom. The Kier molecular flexibility index (Phi) is 4.65. The minimum atomic E-state index is -0.657. The third-order valence-corrected chi connectivity index (χ3v) is 5.91. The van der Waals surface area contributed by atoms with E-state index >= 15 is 0 Å². The molecule has 1 unspecified atom stereocenters. The summed E-state index contributed by atoms with van der Waals surface area (Å²) in [5, 5.41) is 6.22. The number of fused-ring (bicyclic) bond motifs is 2. The number of benzene rings is 1. The van der Waals surface area contributed by atoms with Crippen LogP contribution in [0.2, 0.25) is 0 Å². The summed E-state index contributed by atoms with van der Waals surface area (Å²) in [6.07, 6.45) is 5.45. The maximum absolute atomic E-state index is 13.7. The lowest BCUT2D eigenvalue weighted by atomic mass is 10.0. The highest BCUT2D eigenvalue weighted by atomic mass is 32.1. The standard InChI is InChI=1S/C23H18N4O2S/c1-29-21-12-15(9-10-24-21)25-22(18-13-27-11-5-4-8-20(27)26-18)23(28)17-14-30-19-7-3-2-6-16(17)19/h2-14,22H,1H3,(H,24,25). The summed E-state index contributed by atoms with van der Waals surface area (Å²) in [6, 6.07) is 16.6. The number of imidazole rings is 1. The second-order valence-electron chi connectivity index (χ2n) is 6.81. The average molecular weight is 414 g/mol. The molecule has 6 nitrogen and oxygen atoms in total. The molecule has 7 heteroatoms. The Labute approximate surface area is 176 Å². The second kappa shape index (κ2) is 7.61. The van der Waals surface area contributed by atoms with Crippen LogP contribution in [0.4, 0.5) is 5.69 Å². The molecule has 1 atom stereocenters. The number of thiophene rings is 1. The molecular formula is C23H18N4O2S. The van der Waals surface area contributed by atoms with Crippen LogP contribution in [0.25, 0.3) is 15.7 Å². The van der Waals surface area contributed by atoms with Crippen molar-refractivity contribution >= 4 is 38.5 Å². The third kappa shape index (κ3) is 3.29. The van der Waals surface area contributed by atoms with Crippen molar-refractivity contribution in [2.24, 2.45) is 0 Å². The summed E-state index contributed by atoms with van der Waals surface area (Å²) in [4.78, 5) is 22.5. The minimum Gasteiger partial charge on any atom is -0.481 e. The average Bonchev–Trinajstić information content (AvgIpc) is 3.41. The summed E-state index contributed by atoms with van der Waals surface area (Å²) in [6.45, 7) is 0. The van der Waals surface area contributed by atoms with E-state index < -0.39 is 6.04 Å². The number of rotatable bonds is 6. The molecule has 0 saturated heterocycles. The van der Waals surface area contributed by atoms with E-state index in [9.17, 15) is 4.79 Å². The molecule has 0 radical (unpaired) electrons. The first-order valence-electron chi connectivity index (χ1n) is 9.43. The van der Waals surface area contributed by atoms with Crippen LogP contribution in [0.1, 0.15) is 22.1 Å². The molecule has 148 valence electrons. The van der Waals surface area contributed by atoms with E-state index in [0.717, 1.165) is 21.4 Å². The van der Waals surface area contributed by atoms with E-state index in [4.69, 9.17) is 9.72 Å². The number of hydrogen-bond donors (Lipinski definition) is 1. The van der Waals surface area contributed by atoms with Crippen molar-refractivity contribution in [2.75, 3.05) is 12.4 Å². The lowest BCUT2D eigenvalue weighted by molar-refractivity contribution is 0.0970. The molecule has 0 spiro atoms. The van der Waals surface area contributed by atoms with Crippen molar-refractivity contribution in [3.8, 4) is 5.88 Å². The Morgan fingerprint density at radius 1 is 1.17 bits per heavy atom. The number of aromatic nitrogens is 3. The number of carbonyl (C=O) groups is 1. The van der Waals surface area contributed by atoms with Gasteiger partial charge >= 0.3 is 0 Å².